The van der Waals surface area contributed by atoms with E-state index < -0.39 is 10.0 Å². The number of hydrogen-bond donors (Lipinski definition) is 2. The first-order valence-electron chi connectivity index (χ1n) is 6.50. The zero-order chi connectivity index (χ0) is 14.6. The molecule has 5 heteroatoms. The van der Waals surface area contributed by atoms with Crippen LogP contribution in [0.4, 0.5) is 11.4 Å². The second kappa shape index (κ2) is 5.96. The number of nitrogens with two attached hydrogens (primary N) is 1. The fraction of sp³-hybridized carbons (Fsp3) is 0.200. The van der Waals surface area contributed by atoms with Crippen molar-refractivity contribution in [2.45, 2.75) is 24.7 Å². The predicted molar refractivity (Wildman–Crippen MR) is 82.1 cm³/mol. The van der Waals surface area contributed by atoms with E-state index in [4.69, 9.17) is 5.73 Å². The van der Waals surface area contributed by atoms with Gasteiger partial charge in [0, 0.05) is 0 Å². The van der Waals surface area contributed by atoms with Crippen LogP contribution in [0.15, 0.2) is 53.4 Å². The van der Waals surface area contributed by atoms with Crippen LogP contribution in [0, 0.1) is 0 Å². The van der Waals surface area contributed by atoms with Gasteiger partial charge in [0.05, 0.1) is 11.4 Å². The summed E-state index contributed by atoms with van der Waals surface area (Å²) in [4.78, 5) is 0.103. The number of hydrogen-bond acceptors (Lipinski definition) is 3. The molecule has 0 aromatic heterocycles. The minimum absolute atomic E-state index is 0.103. The Morgan fingerprint density at radius 1 is 1.05 bits per heavy atom. The molecule has 0 bridgehead atoms. The number of nitrogens with one attached hydrogen (secondary N) is 1. The van der Waals surface area contributed by atoms with Gasteiger partial charge in [0.25, 0.3) is 10.0 Å². The molecule has 20 heavy (non-hydrogen) atoms. The number of nitrogen functional groups attached to an aromatic ring is 1. The van der Waals surface area contributed by atoms with Gasteiger partial charge < -0.3 is 5.73 Å². The summed E-state index contributed by atoms with van der Waals surface area (Å²) in [6, 6.07) is 13.8. The van der Waals surface area contributed by atoms with Crippen LogP contribution in [0.2, 0.25) is 0 Å². The minimum Gasteiger partial charge on any atom is -0.398 e. The van der Waals surface area contributed by atoms with Gasteiger partial charge in [0.2, 0.25) is 0 Å². The Kier molecular flexibility index (Phi) is 4.29. The van der Waals surface area contributed by atoms with E-state index in [1.54, 1.807) is 24.3 Å². The van der Waals surface area contributed by atoms with E-state index in [0.717, 1.165) is 18.4 Å². The Bertz CT molecular complexity index is 697. The molecule has 0 saturated carbocycles. The SMILES string of the molecule is CCCc1ccccc1NS(=O)(=O)c1ccccc1N. The van der Waals surface area contributed by atoms with Gasteiger partial charge in [0.15, 0.2) is 0 Å². The van der Waals surface area contributed by atoms with Crippen molar-refractivity contribution in [1.82, 2.24) is 0 Å². The number of para-hydroxylation sites is 2. The standard InChI is InChI=1S/C15H18N2O2S/c1-2-7-12-8-3-5-10-14(12)17-20(18,19)15-11-6-4-9-13(15)16/h3-6,8-11,17H,2,7,16H2,1H3. The summed E-state index contributed by atoms with van der Waals surface area (Å²) >= 11 is 0. The van der Waals surface area contributed by atoms with Crippen molar-refractivity contribution in [3.63, 3.8) is 0 Å². The summed E-state index contributed by atoms with van der Waals surface area (Å²) in [6.07, 6.45) is 1.77. The van der Waals surface area contributed by atoms with Gasteiger partial charge >= 0.3 is 0 Å². The molecule has 0 aliphatic rings. The molecule has 2 aromatic carbocycles. The van der Waals surface area contributed by atoms with Crippen LogP contribution in [0.25, 0.3) is 0 Å². The molecule has 0 saturated heterocycles. The summed E-state index contributed by atoms with van der Waals surface area (Å²) in [6.45, 7) is 2.06. The lowest BCUT2D eigenvalue weighted by Crippen LogP contribution is -2.15. The van der Waals surface area contributed by atoms with E-state index in [1.165, 1.54) is 6.07 Å². The molecule has 0 aliphatic heterocycles. The zero-order valence-corrected chi connectivity index (χ0v) is 12.2. The highest BCUT2D eigenvalue weighted by molar-refractivity contribution is 7.92. The van der Waals surface area contributed by atoms with Crippen molar-refractivity contribution in [2.24, 2.45) is 0 Å². The lowest BCUT2D eigenvalue weighted by atomic mass is 10.1. The minimum atomic E-state index is -3.66. The number of rotatable bonds is 5. The van der Waals surface area contributed by atoms with Gasteiger partial charge in [-0.3, -0.25) is 4.72 Å². The van der Waals surface area contributed by atoms with E-state index in [-0.39, 0.29) is 10.6 Å². The highest BCUT2D eigenvalue weighted by Gasteiger charge is 2.18. The van der Waals surface area contributed by atoms with Crippen molar-refractivity contribution in [3.05, 3.63) is 54.1 Å². The molecule has 0 spiro atoms. The topological polar surface area (TPSA) is 72.2 Å². The summed E-state index contributed by atoms with van der Waals surface area (Å²) in [5.41, 5.74) is 7.57. The summed E-state index contributed by atoms with van der Waals surface area (Å²) < 4.78 is 27.4. The maximum Gasteiger partial charge on any atom is 0.263 e. The molecule has 2 aromatic rings. The normalized spacial score (nSPS) is 11.2. The van der Waals surface area contributed by atoms with Crippen LogP contribution in [0.5, 0.6) is 0 Å². The van der Waals surface area contributed by atoms with Gasteiger partial charge in [-0.05, 0) is 30.2 Å². The van der Waals surface area contributed by atoms with Gasteiger partial charge in [-0.1, -0.05) is 43.7 Å². The first-order chi connectivity index (χ1) is 9.54. The second-order valence-corrected chi connectivity index (χ2v) is 6.20. The molecule has 0 atom stereocenters. The lowest BCUT2D eigenvalue weighted by molar-refractivity contribution is 0.601. The largest absolute Gasteiger partial charge is 0.398 e. The number of benzene rings is 2. The second-order valence-electron chi connectivity index (χ2n) is 4.55. The average molecular weight is 290 g/mol. The van der Waals surface area contributed by atoms with Gasteiger partial charge in [-0.15, -0.1) is 0 Å². The van der Waals surface area contributed by atoms with Crippen molar-refractivity contribution in [1.29, 1.82) is 0 Å². The highest BCUT2D eigenvalue weighted by atomic mass is 32.2. The third kappa shape index (κ3) is 3.11. The van der Waals surface area contributed by atoms with E-state index >= 15 is 0 Å². The van der Waals surface area contributed by atoms with E-state index in [0.29, 0.717) is 5.69 Å². The molecule has 0 unspecified atom stereocenters. The molecule has 106 valence electrons. The number of sulfonamides is 1. The molecule has 0 aliphatic carbocycles. The van der Waals surface area contributed by atoms with E-state index in [1.807, 2.05) is 18.2 Å². The zero-order valence-electron chi connectivity index (χ0n) is 11.3. The molecular weight excluding hydrogens is 272 g/mol. The van der Waals surface area contributed by atoms with Gasteiger partial charge in [-0.2, -0.15) is 0 Å². The lowest BCUT2D eigenvalue weighted by Gasteiger charge is -2.13. The van der Waals surface area contributed by atoms with Crippen LogP contribution >= 0.6 is 0 Å². The quantitative estimate of drug-likeness (QED) is 0.831. The van der Waals surface area contributed by atoms with Gasteiger partial charge in [0.1, 0.15) is 4.90 Å². The Labute approximate surface area is 119 Å². The average Bonchev–Trinajstić information content (AvgIpc) is 2.41. The van der Waals surface area contributed by atoms with Crippen LogP contribution in [-0.4, -0.2) is 8.42 Å². The molecule has 2 rings (SSSR count). The van der Waals surface area contributed by atoms with Crippen molar-refractivity contribution >= 4 is 21.4 Å². The third-order valence-electron chi connectivity index (χ3n) is 2.99. The van der Waals surface area contributed by atoms with Crippen LogP contribution in [0.1, 0.15) is 18.9 Å². The van der Waals surface area contributed by atoms with Gasteiger partial charge in [-0.25, -0.2) is 8.42 Å². The molecule has 4 nitrogen and oxygen atoms in total. The molecular formula is C15H18N2O2S. The Morgan fingerprint density at radius 3 is 2.40 bits per heavy atom. The molecule has 3 N–H and O–H groups in total. The van der Waals surface area contributed by atoms with Crippen LogP contribution < -0.4 is 10.5 Å². The van der Waals surface area contributed by atoms with Crippen molar-refractivity contribution in [3.8, 4) is 0 Å². The van der Waals surface area contributed by atoms with E-state index in [9.17, 15) is 8.42 Å². The van der Waals surface area contributed by atoms with Crippen LogP contribution in [-0.2, 0) is 16.4 Å². The molecule has 0 radical (unpaired) electrons. The van der Waals surface area contributed by atoms with Crippen molar-refractivity contribution in [2.75, 3.05) is 10.5 Å². The Morgan fingerprint density at radius 2 is 1.70 bits per heavy atom. The molecule has 0 amide bonds. The first kappa shape index (κ1) is 14.4. The Hall–Kier alpha value is -2.01. The molecule has 0 heterocycles. The number of aryl methyl sites for hydroxylation is 1. The fourth-order valence-corrected chi connectivity index (χ4v) is 3.27. The van der Waals surface area contributed by atoms with Crippen molar-refractivity contribution < 1.29 is 8.42 Å². The summed E-state index contributed by atoms with van der Waals surface area (Å²) in [7, 11) is -3.66. The molecule has 0 fully saturated rings. The predicted octanol–water partition coefficient (Wildman–Crippen LogP) is 3.02. The third-order valence-corrected chi connectivity index (χ3v) is 4.43. The maximum absolute atomic E-state index is 12.4. The highest BCUT2D eigenvalue weighted by Crippen LogP contribution is 2.24. The summed E-state index contributed by atoms with van der Waals surface area (Å²) in [5, 5.41) is 0. The smallest absolute Gasteiger partial charge is 0.263 e. The fourth-order valence-electron chi connectivity index (χ4n) is 2.03. The Balaban J connectivity index is 2.37. The summed E-state index contributed by atoms with van der Waals surface area (Å²) in [5.74, 6) is 0. The first-order valence-corrected chi connectivity index (χ1v) is 7.98. The maximum atomic E-state index is 12.4. The monoisotopic (exact) mass is 290 g/mol. The van der Waals surface area contributed by atoms with E-state index in [2.05, 4.69) is 11.6 Å². The van der Waals surface area contributed by atoms with Crippen LogP contribution in [0.3, 0.4) is 0 Å². The number of anilines is 2.